The predicted octanol–water partition coefficient (Wildman–Crippen LogP) is 2.18. The number of tetrazole rings is 1. The van der Waals surface area contributed by atoms with E-state index in [1.54, 1.807) is 6.20 Å². The van der Waals surface area contributed by atoms with Crippen molar-refractivity contribution in [1.82, 2.24) is 30.6 Å². The Morgan fingerprint density at radius 1 is 1.35 bits per heavy atom. The molecule has 0 unspecified atom stereocenters. The van der Waals surface area contributed by atoms with Gasteiger partial charge < -0.3 is 10.3 Å². The van der Waals surface area contributed by atoms with Crippen molar-refractivity contribution < 1.29 is 0 Å². The van der Waals surface area contributed by atoms with Crippen molar-refractivity contribution in [2.75, 3.05) is 5.32 Å². The van der Waals surface area contributed by atoms with Crippen molar-refractivity contribution in [2.45, 2.75) is 13.8 Å². The average Bonchev–Trinajstić information content (AvgIpc) is 3.19. The first kappa shape index (κ1) is 14.5. The molecule has 3 aromatic rings. The summed E-state index contributed by atoms with van der Waals surface area (Å²) in [6, 6.07) is 9.75. The van der Waals surface area contributed by atoms with Gasteiger partial charge >= 0.3 is 0 Å². The van der Waals surface area contributed by atoms with Gasteiger partial charge in [0.2, 0.25) is 5.82 Å². The molecule has 0 amide bonds. The van der Waals surface area contributed by atoms with E-state index in [0.29, 0.717) is 0 Å². The third-order valence-electron chi connectivity index (χ3n) is 3.35. The van der Waals surface area contributed by atoms with E-state index >= 15 is 0 Å². The number of H-pyrrole nitrogens is 2. The highest BCUT2D eigenvalue weighted by Crippen LogP contribution is 2.21. The van der Waals surface area contributed by atoms with Crippen LogP contribution < -0.4 is 5.32 Å². The van der Waals surface area contributed by atoms with Crippen molar-refractivity contribution in [2.24, 2.45) is 0 Å². The lowest BCUT2D eigenvalue weighted by atomic mass is 10.2. The zero-order valence-corrected chi connectivity index (χ0v) is 12.6. The molecule has 3 N–H and O–H groups in total. The molecule has 114 valence electrons. The fourth-order valence-electron chi connectivity index (χ4n) is 2.02. The second-order valence-electron chi connectivity index (χ2n) is 4.93. The molecule has 0 saturated heterocycles. The number of hydrogen-bond donors (Lipinski definition) is 3. The number of nitrogens with zero attached hydrogens (tertiary/aromatic N) is 5. The third-order valence-corrected chi connectivity index (χ3v) is 3.35. The number of imidazole rings is 1. The van der Waals surface area contributed by atoms with E-state index in [1.807, 2.05) is 44.2 Å². The molecule has 0 aliphatic heterocycles. The molecule has 2 aromatic heterocycles. The molecule has 0 spiro atoms. The van der Waals surface area contributed by atoms with Gasteiger partial charge in [-0.05, 0) is 31.2 Å². The summed E-state index contributed by atoms with van der Waals surface area (Å²) in [5.41, 5.74) is 4.08. The van der Waals surface area contributed by atoms with E-state index in [2.05, 4.69) is 35.9 Å². The molecule has 1 aromatic carbocycles. The van der Waals surface area contributed by atoms with Crippen molar-refractivity contribution in [3.63, 3.8) is 0 Å². The van der Waals surface area contributed by atoms with Crippen LogP contribution in [0.2, 0.25) is 0 Å². The molecule has 0 bridgehead atoms. The van der Waals surface area contributed by atoms with Gasteiger partial charge in [0.1, 0.15) is 17.5 Å². The largest absolute Gasteiger partial charge is 0.360 e. The number of aryl methyl sites for hydroxylation is 2. The summed E-state index contributed by atoms with van der Waals surface area (Å²) in [4.78, 5) is 7.74. The maximum atomic E-state index is 9.15. The summed E-state index contributed by atoms with van der Waals surface area (Å²) < 4.78 is 0. The molecule has 8 nitrogen and oxygen atoms in total. The minimum atomic E-state index is 0.244. The molecule has 23 heavy (non-hydrogen) atoms. The van der Waals surface area contributed by atoms with Crippen LogP contribution in [0.25, 0.3) is 17.0 Å². The number of hydrogen-bond acceptors (Lipinski definition) is 6. The topological polar surface area (TPSA) is 119 Å². The van der Waals surface area contributed by atoms with Crippen molar-refractivity contribution in [3.05, 3.63) is 47.7 Å². The van der Waals surface area contributed by atoms with Gasteiger partial charge in [0.05, 0.1) is 5.69 Å². The Hall–Kier alpha value is -3.47. The van der Waals surface area contributed by atoms with Gasteiger partial charge in [0.15, 0.2) is 0 Å². The summed E-state index contributed by atoms with van der Waals surface area (Å²) in [5.74, 6) is 1.06. The minimum absolute atomic E-state index is 0.244. The first-order valence-electron chi connectivity index (χ1n) is 6.91. The van der Waals surface area contributed by atoms with E-state index in [9.17, 15) is 0 Å². The number of benzene rings is 1. The zero-order valence-electron chi connectivity index (χ0n) is 12.6. The Bertz CT molecular complexity index is 863. The molecule has 0 fully saturated rings. The van der Waals surface area contributed by atoms with E-state index in [1.165, 1.54) is 0 Å². The normalized spacial score (nSPS) is 11.3. The number of aromatic nitrogens is 6. The number of aromatic amines is 2. The number of allylic oxidation sites excluding steroid dienone is 1. The van der Waals surface area contributed by atoms with Gasteiger partial charge in [0.25, 0.3) is 0 Å². The monoisotopic (exact) mass is 306 g/mol. The summed E-state index contributed by atoms with van der Waals surface area (Å²) in [7, 11) is 0. The van der Waals surface area contributed by atoms with Crippen molar-refractivity contribution in [1.29, 1.82) is 5.26 Å². The number of nitriles is 1. The van der Waals surface area contributed by atoms with Crippen LogP contribution in [0.1, 0.15) is 17.2 Å². The zero-order chi connectivity index (χ0) is 16.2. The Labute approximate surface area is 132 Å². The molecule has 8 heteroatoms. The van der Waals surface area contributed by atoms with Crippen LogP contribution in [-0.2, 0) is 0 Å². The Kier molecular flexibility index (Phi) is 3.84. The van der Waals surface area contributed by atoms with Crippen molar-refractivity contribution >= 4 is 11.3 Å². The van der Waals surface area contributed by atoms with E-state index < -0.39 is 0 Å². The van der Waals surface area contributed by atoms with E-state index in [-0.39, 0.29) is 11.4 Å². The lowest BCUT2D eigenvalue weighted by Crippen LogP contribution is -1.93. The molecule has 0 saturated carbocycles. The molecule has 2 heterocycles. The first-order chi connectivity index (χ1) is 11.2. The van der Waals surface area contributed by atoms with Gasteiger partial charge in [-0.3, -0.25) is 0 Å². The Balaban J connectivity index is 1.84. The molecule has 3 rings (SSSR count). The standard InChI is InChI=1S/C15H14N8/c1-9-10(2)19-14(18-9)11-4-3-5-13(6-11)17-8-12(7-16)15-20-22-23-21-15/h3-6,8,17H,1-2H3,(H,18,19)(H,20,21,22,23). The maximum Gasteiger partial charge on any atom is 0.216 e. The van der Waals surface area contributed by atoms with Crippen LogP contribution in [0.3, 0.4) is 0 Å². The van der Waals surface area contributed by atoms with Crippen LogP contribution in [0.5, 0.6) is 0 Å². The predicted molar refractivity (Wildman–Crippen MR) is 84.9 cm³/mol. The minimum Gasteiger partial charge on any atom is -0.360 e. The van der Waals surface area contributed by atoms with Gasteiger partial charge in [-0.1, -0.05) is 12.1 Å². The molecule has 0 atom stereocenters. The SMILES string of the molecule is Cc1nc(-c2cccc(NC=C(C#N)c3nn[nH]n3)c2)[nH]c1C. The highest BCUT2D eigenvalue weighted by molar-refractivity contribution is 5.74. The molecule has 0 aliphatic rings. The van der Waals surface area contributed by atoms with Gasteiger partial charge in [0, 0.05) is 23.1 Å². The van der Waals surface area contributed by atoms with Crippen LogP contribution in [0, 0.1) is 25.2 Å². The van der Waals surface area contributed by atoms with E-state index in [4.69, 9.17) is 5.26 Å². The lowest BCUT2D eigenvalue weighted by molar-refractivity contribution is 0.881. The van der Waals surface area contributed by atoms with Crippen LogP contribution in [0.4, 0.5) is 5.69 Å². The Morgan fingerprint density at radius 3 is 2.87 bits per heavy atom. The number of anilines is 1. The summed E-state index contributed by atoms with van der Waals surface area (Å²) in [5, 5.41) is 25.5. The third kappa shape index (κ3) is 3.08. The maximum absolute atomic E-state index is 9.15. The van der Waals surface area contributed by atoms with Gasteiger partial charge in [-0.2, -0.15) is 10.5 Å². The van der Waals surface area contributed by atoms with E-state index in [0.717, 1.165) is 28.5 Å². The lowest BCUT2D eigenvalue weighted by Gasteiger charge is -2.03. The summed E-state index contributed by atoms with van der Waals surface area (Å²) in [6.45, 7) is 3.95. The van der Waals surface area contributed by atoms with Crippen LogP contribution in [-0.4, -0.2) is 30.6 Å². The molecule has 0 aliphatic carbocycles. The number of nitrogens with one attached hydrogen (secondary N) is 3. The average molecular weight is 306 g/mol. The summed E-state index contributed by atoms with van der Waals surface area (Å²) >= 11 is 0. The fourth-order valence-corrected chi connectivity index (χ4v) is 2.02. The molecule has 0 radical (unpaired) electrons. The molecular weight excluding hydrogens is 292 g/mol. The van der Waals surface area contributed by atoms with Crippen LogP contribution in [0.15, 0.2) is 30.5 Å². The number of rotatable bonds is 4. The second-order valence-corrected chi connectivity index (χ2v) is 4.93. The van der Waals surface area contributed by atoms with Crippen LogP contribution >= 0.6 is 0 Å². The summed E-state index contributed by atoms with van der Waals surface area (Å²) in [6.07, 6.45) is 1.54. The van der Waals surface area contributed by atoms with Crippen molar-refractivity contribution in [3.8, 4) is 17.5 Å². The van der Waals surface area contributed by atoms with Gasteiger partial charge in [-0.15, -0.1) is 10.2 Å². The Morgan fingerprint density at radius 2 is 2.22 bits per heavy atom. The highest BCUT2D eigenvalue weighted by Gasteiger charge is 2.07. The molecular formula is C15H14N8. The fraction of sp³-hybridized carbons (Fsp3) is 0.133. The smallest absolute Gasteiger partial charge is 0.216 e. The van der Waals surface area contributed by atoms with Gasteiger partial charge in [-0.25, -0.2) is 4.98 Å². The first-order valence-corrected chi connectivity index (χ1v) is 6.91. The quantitative estimate of drug-likeness (QED) is 0.636. The second kappa shape index (κ2) is 6.11. The highest BCUT2D eigenvalue weighted by atomic mass is 15.5.